The van der Waals surface area contributed by atoms with E-state index < -0.39 is 29.3 Å². The van der Waals surface area contributed by atoms with Gasteiger partial charge in [-0.1, -0.05) is 19.1 Å². The summed E-state index contributed by atoms with van der Waals surface area (Å²) in [6.07, 6.45) is 2.86. The Morgan fingerprint density at radius 2 is 1.89 bits per heavy atom. The molecule has 0 fully saturated rings. The van der Waals surface area contributed by atoms with Crippen LogP contribution in [-0.4, -0.2) is 54.2 Å². The molecular formula is C28H33N3O6. The first kappa shape index (κ1) is 26.2. The van der Waals surface area contributed by atoms with Gasteiger partial charge in [0.05, 0.1) is 11.1 Å². The number of nitrogens with one attached hydrogen (secondary N) is 2. The molecule has 196 valence electrons. The number of aliphatic hydroxyl groups is 1. The number of hydrogen-bond acceptors (Lipinski definition) is 7. The molecule has 0 heterocycles. The van der Waals surface area contributed by atoms with Crippen molar-refractivity contribution in [1.82, 2.24) is 10.6 Å². The molecule has 3 unspecified atom stereocenters. The Labute approximate surface area is 215 Å². The number of benzene rings is 1. The summed E-state index contributed by atoms with van der Waals surface area (Å²) in [4.78, 5) is 53.9. The van der Waals surface area contributed by atoms with Crippen LogP contribution in [0.5, 0.6) is 5.75 Å². The zero-order chi connectivity index (χ0) is 27.2. The highest BCUT2D eigenvalue weighted by Crippen LogP contribution is 2.52. The lowest BCUT2D eigenvalue weighted by Crippen LogP contribution is -2.41. The third-order valence-corrected chi connectivity index (χ3v) is 7.66. The Kier molecular flexibility index (Phi) is 6.99. The maximum atomic E-state index is 14.0. The van der Waals surface area contributed by atoms with Crippen LogP contribution in [0.1, 0.15) is 59.4 Å². The van der Waals surface area contributed by atoms with Gasteiger partial charge in [0, 0.05) is 44.2 Å². The highest BCUT2D eigenvalue weighted by atomic mass is 16.3. The third kappa shape index (κ3) is 4.22. The number of aromatic hydroxyl groups is 1. The number of allylic oxidation sites excluding steroid dienone is 2. The van der Waals surface area contributed by atoms with Gasteiger partial charge in [0.15, 0.2) is 11.6 Å². The number of ketones is 2. The fourth-order valence-corrected chi connectivity index (χ4v) is 6.12. The number of carbonyl (C=O) groups is 4. The minimum Gasteiger partial charge on any atom is -0.511 e. The number of nitrogens with zero attached hydrogens (tertiary/aromatic N) is 1. The van der Waals surface area contributed by atoms with Gasteiger partial charge in [0.2, 0.25) is 0 Å². The molecule has 0 radical (unpaired) electrons. The predicted molar refractivity (Wildman–Crippen MR) is 138 cm³/mol. The van der Waals surface area contributed by atoms with E-state index in [2.05, 4.69) is 17.2 Å². The number of phenols is 1. The number of carbonyl (C=O) groups excluding carboxylic acids is 4. The van der Waals surface area contributed by atoms with Crippen molar-refractivity contribution in [2.75, 3.05) is 25.5 Å². The first-order valence-corrected chi connectivity index (χ1v) is 12.5. The topological polar surface area (TPSA) is 136 Å². The number of aliphatic hydroxyl groups excluding tert-OH is 1. The molecule has 4 N–H and O–H groups in total. The van der Waals surface area contributed by atoms with E-state index in [4.69, 9.17) is 0 Å². The molecule has 0 saturated heterocycles. The number of amides is 2. The predicted octanol–water partition coefficient (Wildman–Crippen LogP) is 2.95. The van der Waals surface area contributed by atoms with E-state index in [1.165, 1.54) is 0 Å². The van der Waals surface area contributed by atoms with E-state index in [9.17, 15) is 29.4 Å². The van der Waals surface area contributed by atoms with Crippen LogP contribution >= 0.6 is 0 Å². The Balaban J connectivity index is 1.87. The average molecular weight is 508 g/mol. The summed E-state index contributed by atoms with van der Waals surface area (Å²) in [5.74, 6) is -3.86. The van der Waals surface area contributed by atoms with Gasteiger partial charge in [-0.25, -0.2) is 0 Å². The van der Waals surface area contributed by atoms with Gasteiger partial charge >= 0.3 is 0 Å². The van der Waals surface area contributed by atoms with E-state index in [-0.39, 0.29) is 46.5 Å². The third-order valence-electron chi connectivity index (χ3n) is 7.66. The van der Waals surface area contributed by atoms with Crippen molar-refractivity contribution in [2.24, 2.45) is 17.8 Å². The van der Waals surface area contributed by atoms with Crippen molar-refractivity contribution in [3.8, 4) is 5.75 Å². The summed E-state index contributed by atoms with van der Waals surface area (Å²) in [5, 5.41) is 27.3. The van der Waals surface area contributed by atoms with Crippen LogP contribution < -0.4 is 15.5 Å². The van der Waals surface area contributed by atoms with Gasteiger partial charge in [-0.05, 0) is 55.9 Å². The van der Waals surface area contributed by atoms with Crippen LogP contribution in [0.4, 0.5) is 5.69 Å². The minimum absolute atomic E-state index is 0.0315. The molecule has 0 spiro atoms. The number of Topliss-reactive ketones (excluding diaryl/α,β-unsaturated/α-hetero) is 2. The van der Waals surface area contributed by atoms with Crippen LogP contribution in [0.2, 0.25) is 0 Å². The highest BCUT2D eigenvalue weighted by Gasteiger charge is 2.48. The van der Waals surface area contributed by atoms with Crippen molar-refractivity contribution in [3.63, 3.8) is 0 Å². The second-order valence-electron chi connectivity index (χ2n) is 10.2. The first-order chi connectivity index (χ1) is 17.5. The van der Waals surface area contributed by atoms with Crippen molar-refractivity contribution >= 4 is 29.1 Å². The van der Waals surface area contributed by atoms with E-state index in [1.807, 2.05) is 25.9 Å². The van der Waals surface area contributed by atoms with Crippen molar-refractivity contribution in [1.29, 1.82) is 0 Å². The fraction of sp³-hybridized carbons (Fsp3) is 0.429. The molecule has 3 atom stereocenters. The fourth-order valence-electron chi connectivity index (χ4n) is 6.12. The molecule has 1 aromatic carbocycles. The smallest absolute Gasteiger partial charge is 0.262 e. The maximum absolute atomic E-state index is 14.0. The average Bonchev–Trinajstić information content (AvgIpc) is 2.82. The lowest BCUT2D eigenvalue weighted by atomic mass is 9.60. The molecule has 9 heteroatoms. The second kappa shape index (κ2) is 9.88. The Hall–Kier alpha value is -3.88. The van der Waals surface area contributed by atoms with Gasteiger partial charge in [0.25, 0.3) is 11.8 Å². The van der Waals surface area contributed by atoms with Crippen LogP contribution in [-0.2, 0) is 16.0 Å². The summed E-state index contributed by atoms with van der Waals surface area (Å²) >= 11 is 0. The summed E-state index contributed by atoms with van der Waals surface area (Å²) in [6.45, 7) is 7.52. The molecule has 0 bridgehead atoms. The summed E-state index contributed by atoms with van der Waals surface area (Å²) in [5.41, 5.74) is 2.19. The molecule has 9 nitrogen and oxygen atoms in total. The Morgan fingerprint density at radius 3 is 2.51 bits per heavy atom. The largest absolute Gasteiger partial charge is 0.511 e. The van der Waals surface area contributed by atoms with E-state index in [1.54, 1.807) is 13.0 Å². The number of hydrogen-bond donors (Lipinski definition) is 4. The number of phenolic OH excluding ortho intramolecular Hbond substituents is 1. The van der Waals surface area contributed by atoms with E-state index in [0.29, 0.717) is 41.8 Å². The van der Waals surface area contributed by atoms with E-state index >= 15 is 0 Å². The summed E-state index contributed by atoms with van der Waals surface area (Å²) in [7, 11) is 3.63. The molecule has 4 rings (SSSR count). The molecule has 0 aromatic heterocycles. The molecule has 3 aliphatic rings. The number of anilines is 1. The Bertz CT molecular complexity index is 1290. The molecule has 0 aliphatic heterocycles. The van der Waals surface area contributed by atoms with Crippen LogP contribution in [0, 0.1) is 17.8 Å². The minimum atomic E-state index is -0.729. The van der Waals surface area contributed by atoms with Gasteiger partial charge in [-0.3, -0.25) is 19.2 Å². The summed E-state index contributed by atoms with van der Waals surface area (Å²) < 4.78 is 0. The van der Waals surface area contributed by atoms with Crippen molar-refractivity contribution < 1.29 is 29.4 Å². The monoisotopic (exact) mass is 507 g/mol. The Morgan fingerprint density at radius 1 is 1.19 bits per heavy atom. The van der Waals surface area contributed by atoms with Gasteiger partial charge < -0.3 is 25.7 Å². The zero-order valence-corrected chi connectivity index (χ0v) is 21.6. The van der Waals surface area contributed by atoms with Gasteiger partial charge in [0.1, 0.15) is 17.1 Å². The van der Waals surface area contributed by atoms with Crippen molar-refractivity contribution in [3.05, 3.63) is 58.0 Å². The highest BCUT2D eigenvalue weighted by molar-refractivity contribution is 6.21. The molecule has 0 saturated carbocycles. The molecule has 3 aliphatic carbocycles. The van der Waals surface area contributed by atoms with Crippen LogP contribution in [0.3, 0.4) is 0 Å². The zero-order valence-electron chi connectivity index (χ0n) is 21.6. The molecule has 2 amide bonds. The van der Waals surface area contributed by atoms with Crippen LogP contribution in [0.15, 0.2) is 41.3 Å². The standard InChI is InChI=1S/C28H33N3O6/c1-6-8-30-27(36)17-12-18(31(4)5)16-10-14-9-15-11-19(32)23(28(37)29-7-2)26(35)21(15)13(3)20(14)25(34)22(16)24(17)33/h7,12,14-15,21,33,35H,2,6,8-11H2,1,3-5H3,(H,29,37)(H,30,36). The second-order valence-corrected chi connectivity index (χ2v) is 10.2. The molecule has 1 aromatic rings. The van der Waals surface area contributed by atoms with Crippen molar-refractivity contribution in [2.45, 2.75) is 39.5 Å². The quantitative estimate of drug-likeness (QED) is 0.435. The lowest BCUT2D eigenvalue weighted by molar-refractivity contribution is -0.124. The normalized spacial score (nSPS) is 22.6. The summed E-state index contributed by atoms with van der Waals surface area (Å²) in [6, 6.07) is 1.61. The SMILES string of the molecule is C=CNC(=O)C1=C(O)C2C(C)=C3C(=O)c4c(O)c(C(=O)NCCC)cc(N(C)C)c4CC3CC2CC1=O. The molecule has 37 heavy (non-hydrogen) atoms. The number of rotatable bonds is 6. The maximum Gasteiger partial charge on any atom is 0.262 e. The van der Waals surface area contributed by atoms with Gasteiger partial charge in [-0.2, -0.15) is 0 Å². The first-order valence-electron chi connectivity index (χ1n) is 12.5. The van der Waals surface area contributed by atoms with Gasteiger partial charge in [-0.15, -0.1) is 0 Å². The molecular weight excluding hydrogens is 474 g/mol. The number of fused-ring (bicyclic) bond motifs is 3. The lowest BCUT2D eigenvalue weighted by Gasteiger charge is -2.43. The van der Waals surface area contributed by atoms with E-state index in [0.717, 1.165) is 12.6 Å². The van der Waals surface area contributed by atoms with Crippen LogP contribution in [0.25, 0.3) is 0 Å².